The van der Waals surface area contributed by atoms with Crippen LogP contribution in [-0.2, 0) is 11.3 Å². The molecule has 0 spiro atoms. The highest BCUT2D eigenvalue weighted by atomic mass is 16.6. The first-order chi connectivity index (χ1) is 20.8. The minimum atomic E-state index is -0.554. The summed E-state index contributed by atoms with van der Waals surface area (Å²) in [6.45, 7) is 6.30. The van der Waals surface area contributed by atoms with Crippen molar-refractivity contribution in [1.29, 1.82) is 0 Å². The third-order valence-corrected chi connectivity index (χ3v) is 6.93. The molecule has 3 N–H and O–H groups in total. The molecular weight excluding hydrogens is 552 g/mol. The summed E-state index contributed by atoms with van der Waals surface area (Å²) in [6.07, 6.45) is 5.54. The number of carbonyl (C=O) groups excluding carboxylic acids is 1. The lowest BCUT2D eigenvalue weighted by atomic mass is 10.0. The van der Waals surface area contributed by atoms with Crippen molar-refractivity contribution in [3.63, 3.8) is 0 Å². The largest absolute Gasteiger partial charge is 0.490 e. The maximum absolute atomic E-state index is 12.5. The number of amides is 1. The molecule has 4 heterocycles. The van der Waals surface area contributed by atoms with E-state index in [0.29, 0.717) is 65.9 Å². The highest BCUT2D eigenvalue weighted by molar-refractivity contribution is 5.88. The number of benzene rings is 2. The summed E-state index contributed by atoms with van der Waals surface area (Å²) in [4.78, 5) is 27.5. The number of hydrogen-bond donors (Lipinski definition) is 3. The molecule has 1 fully saturated rings. The minimum Gasteiger partial charge on any atom is -0.490 e. The van der Waals surface area contributed by atoms with E-state index in [9.17, 15) is 9.90 Å². The summed E-state index contributed by atoms with van der Waals surface area (Å²) < 4.78 is 17.5. The normalized spacial score (nSPS) is 14.2. The Bertz CT molecular complexity index is 1720. The van der Waals surface area contributed by atoms with Crippen molar-refractivity contribution in [2.45, 2.75) is 51.9 Å². The van der Waals surface area contributed by atoms with Crippen LogP contribution in [0.5, 0.6) is 5.75 Å². The van der Waals surface area contributed by atoms with E-state index in [1.807, 2.05) is 57.2 Å². The van der Waals surface area contributed by atoms with Crippen LogP contribution in [-0.4, -0.2) is 71.3 Å². The number of ether oxygens (including phenoxy) is 2. The number of fused-ring (bicyclic) bond motifs is 1. The van der Waals surface area contributed by atoms with Gasteiger partial charge in [-0.3, -0.25) is 0 Å². The number of piperidine rings is 1. The number of anilines is 2. The zero-order chi connectivity index (χ0) is 30.0. The Labute approximate surface area is 247 Å². The Morgan fingerprint density at radius 2 is 2.00 bits per heavy atom. The number of aliphatic hydroxyl groups excluding tert-OH is 1. The second-order valence-electron chi connectivity index (χ2n) is 11.2. The van der Waals surface area contributed by atoms with Gasteiger partial charge in [0.1, 0.15) is 28.8 Å². The van der Waals surface area contributed by atoms with E-state index in [0.717, 1.165) is 16.6 Å². The molecule has 0 aliphatic carbocycles. The monoisotopic (exact) mass is 584 g/mol. The molecule has 1 aliphatic rings. The van der Waals surface area contributed by atoms with Crippen LogP contribution in [0.3, 0.4) is 0 Å². The van der Waals surface area contributed by atoms with E-state index in [4.69, 9.17) is 18.9 Å². The number of aromatic nitrogens is 6. The van der Waals surface area contributed by atoms with Crippen LogP contribution >= 0.6 is 0 Å². The lowest BCUT2D eigenvalue weighted by Crippen LogP contribution is -2.44. The predicted molar refractivity (Wildman–Crippen MR) is 158 cm³/mol. The number of hydrogen-bond acceptors (Lipinski definition) is 11. The van der Waals surface area contributed by atoms with E-state index in [2.05, 4.69) is 30.7 Å². The zero-order valence-electron chi connectivity index (χ0n) is 24.1. The molecule has 6 rings (SSSR count). The highest BCUT2D eigenvalue weighted by Gasteiger charge is 2.29. The molecule has 0 atom stereocenters. The fourth-order valence-corrected chi connectivity index (χ4v) is 4.88. The average molecular weight is 585 g/mol. The van der Waals surface area contributed by atoms with Crippen molar-refractivity contribution in [2.75, 3.05) is 18.4 Å². The van der Waals surface area contributed by atoms with Gasteiger partial charge in [0.05, 0.1) is 18.3 Å². The Kier molecular flexibility index (Phi) is 7.63. The first-order valence-electron chi connectivity index (χ1n) is 14.0. The van der Waals surface area contributed by atoms with Gasteiger partial charge in [0, 0.05) is 60.4 Å². The molecule has 5 aromatic rings. The highest BCUT2D eigenvalue weighted by Crippen LogP contribution is 2.36. The van der Waals surface area contributed by atoms with Gasteiger partial charge in [-0.2, -0.15) is 15.4 Å². The van der Waals surface area contributed by atoms with Crippen molar-refractivity contribution in [3.8, 4) is 28.3 Å². The second kappa shape index (κ2) is 11.7. The molecule has 43 heavy (non-hydrogen) atoms. The summed E-state index contributed by atoms with van der Waals surface area (Å²) >= 11 is 0. The van der Waals surface area contributed by atoms with Crippen molar-refractivity contribution in [1.82, 2.24) is 35.3 Å². The van der Waals surface area contributed by atoms with Gasteiger partial charge in [-0.25, -0.2) is 19.7 Å². The Morgan fingerprint density at radius 3 is 2.74 bits per heavy atom. The minimum absolute atomic E-state index is 0.155. The Balaban J connectivity index is 1.26. The second-order valence-corrected chi connectivity index (χ2v) is 11.2. The predicted octanol–water partition coefficient (Wildman–Crippen LogP) is 5.08. The SMILES string of the molecule is CC(C)(C)OC(=O)N1CCC(Oc2cc3nc(Nc4cccc(-c5cnco5)c4)ncc3cc2-c2n[nH]nc2CO)CC1. The van der Waals surface area contributed by atoms with Crippen molar-refractivity contribution >= 4 is 28.6 Å². The molecule has 1 aliphatic heterocycles. The van der Waals surface area contributed by atoms with E-state index in [1.165, 1.54) is 6.39 Å². The van der Waals surface area contributed by atoms with Crippen LogP contribution in [0.25, 0.3) is 33.5 Å². The van der Waals surface area contributed by atoms with Gasteiger partial charge < -0.3 is 29.2 Å². The van der Waals surface area contributed by atoms with E-state index in [-0.39, 0.29) is 18.8 Å². The fourth-order valence-electron chi connectivity index (χ4n) is 4.88. The number of aliphatic hydroxyl groups is 1. The van der Waals surface area contributed by atoms with Crippen LogP contribution < -0.4 is 10.1 Å². The molecule has 222 valence electrons. The topological polar surface area (TPSA) is 164 Å². The summed E-state index contributed by atoms with van der Waals surface area (Å²) in [5.41, 5.74) is 3.29. The molecule has 0 unspecified atom stereocenters. The Morgan fingerprint density at radius 1 is 1.16 bits per heavy atom. The van der Waals surface area contributed by atoms with Crippen LogP contribution in [0.15, 0.2) is 59.6 Å². The number of H-pyrrole nitrogens is 1. The van der Waals surface area contributed by atoms with E-state index >= 15 is 0 Å². The molecular formula is C30H32N8O5. The lowest BCUT2D eigenvalue weighted by Gasteiger charge is -2.33. The number of oxazole rings is 1. The van der Waals surface area contributed by atoms with E-state index in [1.54, 1.807) is 17.3 Å². The molecule has 2 aromatic carbocycles. The van der Waals surface area contributed by atoms with Crippen molar-refractivity contribution in [3.05, 3.63) is 60.9 Å². The number of nitrogens with one attached hydrogen (secondary N) is 2. The number of aromatic amines is 1. The molecule has 0 bridgehead atoms. The number of carbonyl (C=O) groups is 1. The molecule has 0 saturated carbocycles. The molecule has 1 saturated heterocycles. The maximum atomic E-state index is 12.5. The fraction of sp³-hybridized carbons (Fsp3) is 0.333. The number of nitrogens with zero attached hydrogens (tertiary/aromatic N) is 6. The van der Waals surface area contributed by atoms with Crippen molar-refractivity contribution < 1.29 is 23.8 Å². The quantitative estimate of drug-likeness (QED) is 0.233. The summed E-state index contributed by atoms with van der Waals surface area (Å²) in [7, 11) is 0. The van der Waals surface area contributed by atoms with Gasteiger partial charge >= 0.3 is 6.09 Å². The average Bonchev–Trinajstić information content (AvgIpc) is 3.69. The van der Waals surface area contributed by atoms with Gasteiger partial charge in [0.25, 0.3) is 0 Å². The third kappa shape index (κ3) is 6.41. The summed E-state index contributed by atoms with van der Waals surface area (Å²) in [5, 5.41) is 24.8. The van der Waals surface area contributed by atoms with Gasteiger partial charge in [0.15, 0.2) is 12.2 Å². The van der Waals surface area contributed by atoms with Crippen LogP contribution in [0.2, 0.25) is 0 Å². The molecule has 0 radical (unpaired) electrons. The van der Waals surface area contributed by atoms with Crippen LogP contribution in [0.4, 0.5) is 16.4 Å². The first-order valence-corrected chi connectivity index (χ1v) is 14.0. The van der Waals surface area contributed by atoms with Crippen LogP contribution in [0.1, 0.15) is 39.3 Å². The van der Waals surface area contributed by atoms with Gasteiger partial charge in [-0.1, -0.05) is 12.1 Å². The molecule has 1 amide bonds. The summed E-state index contributed by atoms with van der Waals surface area (Å²) in [5.74, 6) is 1.61. The molecule has 13 nitrogen and oxygen atoms in total. The maximum Gasteiger partial charge on any atom is 0.410 e. The van der Waals surface area contributed by atoms with E-state index < -0.39 is 5.60 Å². The Hall–Kier alpha value is -5.04. The smallest absolute Gasteiger partial charge is 0.410 e. The van der Waals surface area contributed by atoms with Gasteiger partial charge in [0.2, 0.25) is 5.95 Å². The lowest BCUT2D eigenvalue weighted by molar-refractivity contribution is 0.0127. The number of likely N-dealkylation sites (tertiary alicyclic amines) is 1. The van der Waals surface area contributed by atoms with Gasteiger partial charge in [-0.15, -0.1) is 0 Å². The van der Waals surface area contributed by atoms with Crippen molar-refractivity contribution in [2.24, 2.45) is 0 Å². The number of rotatable bonds is 7. The van der Waals surface area contributed by atoms with Crippen LogP contribution in [0, 0.1) is 0 Å². The first kappa shape index (κ1) is 28.1. The molecule has 3 aromatic heterocycles. The third-order valence-electron chi connectivity index (χ3n) is 6.93. The van der Waals surface area contributed by atoms with Gasteiger partial charge in [-0.05, 0) is 39.0 Å². The zero-order valence-corrected chi connectivity index (χ0v) is 24.1. The standard InChI is InChI=1S/C30H32N8O5/c1-30(2,3)43-29(40)38-9-7-21(8-10-38)42-25-13-23-19(12-22(25)27-24(16-39)35-37-36-27)14-32-28(34-23)33-20-6-4-5-18(11-20)26-15-31-17-41-26/h4-6,11-15,17,21,39H,7-10,16H2,1-3H3,(H,32,33,34)(H,35,36,37). The molecule has 13 heteroatoms. The summed E-state index contributed by atoms with van der Waals surface area (Å²) in [6, 6.07) is 11.4.